The molecule has 0 saturated carbocycles. The molecule has 1 aliphatic rings. The van der Waals surface area contributed by atoms with Crippen molar-refractivity contribution in [3.8, 4) is 11.5 Å². The normalized spacial score (nSPS) is 16.6. The van der Waals surface area contributed by atoms with Gasteiger partial charge in [0, 0.05) is 38.2 Å². The van der Waals surface area contributed by atoms with Gasteiger partial charge in [-0.1, -0.05) is 0 Å². The van der Waals surface area contributed by atoms with Gasteiger partial charge in [-0.25, -0.2) is 4.79 Å². The maximum atomic E-state index is 11.6. The summed E-state index contributed by atoms with van der Waals surface area (Å²) in [5, 5.41) is 6.06. The van der Waals surface area contributed by atoms with Crippen LogP contribution < -0.4 is 20.1 Å². The molecule has 1 heterocycles. The lowest BCUT2D eigenvalue weighted by molar-refractivity contribution is -0.0431. The second-order valence-electron chi connectivity index (χ2n) is 7.19. The molecule has 0 aliphatic carbocycles. The van der Waals surface area contributed by atoms with Gasteiger partial charge >= 0.3 is 6.09 Å². The van der Waals surface area contributed by atoms with Crippen molar-refractivity contribution in [1.29, 1.82) is 0 Å². The largest absolute Gasteiger partial charge is 0.449 e. The highest BCUT2D eigenvalue weighted by molar-refractivity contribution is 5.67. The Balaban J connectivity index is 1.85. The van der Waals surface area contributed by atoms with Crippen molar-refractivity contribution in [3.05, 3.63) is 18.2 Å². The second kappa shape index (κ2) is 6.18. The van der Waals surface area contributed by atoms with Crippen LogP contribution in [-0.2, 0) is 4.74 Å². The van der Waals surface area contributed by atoms with E-state index in [0.29, 0.717) is 12.3 Å². The molecule has 6 nitrogen and oxygen atoms in total. The topological polar surface area (TPSA) is 68.8 Å². The third-order valence-electron chi connectivity index (χ3n) is 3.02. The Morgan fingerprint density at radius 3 is 2.57 bits per heavy atom. The highest BCUT2D eigenvalue weighted by Gasteiger charge is 2.31. The van der Waals surface area contributed by atoms with E-state index in [1.807, 2.05) is 59.7 Å². The van der Waals surface area contributed by atoms with Crippen LogP contribution in [-0.4, -0.2) is 30.1 Å². The summed E-state index contributed by atoms with van der Waals surface area (Å²) in [6.45, 7) is 11.7. The fourth-order valence-corrected chi connectivity index (χ4v) is 2.20. The number of nitrogens with one attached hydrogen (secondary N) is 2. The smallest absolute Gasteiger partial charge is 0.407 e. The van der Waals surface area contributed by atoms with Crippen molar-refractivity contribution in [2.75, 3.05) is 11.9 Å². The van der Waals surface area contributed by atoms with Crippen LogP contribution in [0.15, 0.2) is 18.2 Å². The standard InChI is InChI=1S/C17H26N2O4/c1-11(10-18-15(20)23-16(2,3)4)19-12-7-8-13-14(9-12)22-17(5,6)21-13/h7-9,11,19H,10H2,1-6H3,(H,18,20). The van der Waals surface area contributed by atoms with E-state index in [1.54, 1.807) is 0 Å². The number of carbonyl (C=O) groups excluding carboxylic acids is 1. The van der Waals surface area contributed by atoms with Crippen molar-refractivity contribution in [3.63, 3.8) is 0 Å². The first-order valence-corrected chi connectivity index (χ1v) is 7.79. The molecule has 1 atom stereocenters. The van der Waals surface area contributed by atoms with E-state index in [-0.39, 0.29) is 6.04 Å². The lowest BCUT2D eigenvalue weighted by Crippen LogP contribution is -2.38. The summed E-state index contributed by atoms with van der Waals surface area (Å²) in [7, 11) is 0. The lowest BCUT2D eigenvalue weighted by atomic mass is 10.2. The number of fused-ring (bicyclic) bond motifs is 1. The SMILES string of the molecule is CC(CNC(=O)OC(C)(C)C)Nc1ccc2c(c1)OC(C)(C)O2. The Morgan fingerprint density at radius 1 is 1.26 bits per heavy atom. The number of hydrogen-bond donors (Lipinski definition) is 2. The van der Waals surface area contributed by atoms with E-state index in [1.165, 1.54) is 0 Å². The van der Waals surface area contributed by atoms with E-state index in [0.717, 1.165) is 11.4 Å². The van der Waals surface area contributed by atoms with Crippen LogP contribution in [0.4, 0.5) is 10.5 Å². The molecule has 2 rings (SSSR count). The van der Waals surface area contributed by atoms with Crippen molar-refractivity contribution >= 4 is 11.8 Å². The van der Waals surface area contributed by atoms with Crippen LogP contribution in [0.1, 0.15) is 41.5 Å². The third kappa shape index (κ3) is 5.23. The molecular weight excluding hydrogens is 296 g/mol. The first kappa shape index (κ1) is 17.2. The predicted molar refractivity (Wildman–Crippen MR) is 89.1 cm³/mol. The highest BCUT2D eigenvalue weighted by Crippen LogP contribution is 2.40. The fraction of sp³-hybridized carbons (Fsp3) is 0.588. The van der Waals surface area contributed by atoms with Gasteiger partial charge in [0.25, 0.3) is 0 Å². The molecule has 23 heavy (non-hydrogen) atoms. The Morgan fingerprint density at radius 2 is 1.91 bits per heavy atom. The maximum Gasteiger partial charge on any atom is 0.407 e. The minimum Gasteiger partial charge on any atom is -0.449 e. The summed E-state index contributed by atoms with van der Waals surface area (Å²) in [5.74, 6) is 0.817. The van der Waals surface area contributed by atoms with Crippen molar-refractivity contribution < 1.29 is 19.0 Å². The molecule has 6 heteroatoms. The number of rotatable bonds is 4. The molecule has 1 aromatic rings. The molecular formula is C17H26N2O4. The summed E-state index contributed by atoms with van der Waals surface area (Å²) in [4.78, 5) is 11.6. The fourth-order valence-electron chi connectivity index (χ4n) is 2.20. The first-order chi connectivity index (χ1) is 10.5. The summed E-state index contributed by atoms with van der Waals surface area (Å²) in [5.41, 5.74) is 0.411. The monoisotopic (exact) mass is 322 g/mol. The first-order valence-electron chi connectivity index (χ1n) is 7.79. The Bertz CT molecular complexity index is 578. The van der Waals surface area contributed by atoms with Crippen LogP contribution in [0.2, 0.25) is 0 Å². The molecule has 0 aromatic heterocycles. The quantitative estimate of drug-likeness (QED) is 0.887. The van der Waals surface area contributed by atoms with Gasteiger partial charge < -0.3 is 24.8 Å². The van der Waals surface area contributed by atoms with Crippen molar-refractivity contribution in [2.24, 2.45) is 0 Å². The molecule has 2 N–H and O–H groups in total. The molecule has 0 radical (unpaired) electrons. The number of hydrogen-bond acceptors (Lipinski definition) is 5. The van der Waals surface area contributed by atoms with E-state index >= 15 is 0 Å². The van der Waals surface area contributed by atoms with Gasteiger partial charge in [0.15, 0.2) is 11.5 Å². The minimum atomic E-state index is -0.634. The molecule has 0 bridgehead atoms. The zero-order valence-electron chi connectivity index (χ0n) is 14.6. The Labute approximate surface area is 137 Å². The third-order valence-corrected chi connectivity index (χ3v) is 3.02. The van der Waals surface area contributed by atoms with Gasteiger partial charge in [0.1, 0.15) is 5.60 Å². The Kier molecular flexibility index (Phi) is 4.63. The van der Waals surface area contributed by atoms with Gasteiger partial charge in [0.2, 0.25) is 5.79 Å². The molecule has 1 amide bonds. The number of ether oxygens (including phenoxy) is 3. The van der Waals surface area contributed by atoms with Crippen LogP contribution in [0.5, 0.6) is 11.5 Å². The predicted octanol–water partition coefficient (Wildman–Crippen LogP) is 3.52. The van der Waals surface area contributed by atoms with Crippen molar-refractivity contribution in [2.45, 2.75) is 59.0 Å². The molecule has 128 valence electrons. The highest BCUT2D eigenvalue weighted by atomic mass is 16.7. The van der Waals surface area contributed by atoms with Gasteiger partial charge in [0.05, 0.1) is 0 Å². The molecule has 0 spiro atoms. The molecule has 1 aromatic carbocycles. The van der Waals surface area contributed by atoms with Crippen molar-refractivity contribution in [1.82, 2.24) is 5.32 Å². The molecule has 1 aliphatic heterocycles. The summed E-state index contributed by atoms with van der Waals surface area (Å²) in [6.07, 6.45) is -0.418. The zero-order chi connectivity index (χ0) is 17.3. The van der Waals surface area contributed by atoms with E-state index < -0.39 is 17.5 Å². The summed E-state index contributed by atoms with van der Waals surface area (Å²) >= 11 is 0. The maximum absolute atomic E-state index is 11.6. The Hall–Kier alpha value is -2.11. The number of amides is 1. The van der Waals surface area contributed by atoms with E-state index in [4.69, 9.17) is 14.2 Å². The van der Waals surface area contributed by atoms with Crippen LogP contribution in [0.3, 0.4) is 0 Å². The van der Waals surface area contributed by atoms with Crippen LogP contribution in [0.25, 0.3) is 0 Å². The van der Waals surface area contributed by atoms with Crippen LogP contribution in [0, 0.1) is 0 Å². The lowest BCUT2D eigenvalue weighted by Gasteiger charge is -2.21. The minimum absolute atomic E-state index is 0.0379. The number of carbonyl (C=O) groups is 1. The second-order valence-corrected chi connectivity index (χ2v) is 7.19. The average molecular weight is 322 g/mol. The number of anilines is 1. The summed E-state index contributed by atoms with van der Waals surface area (Å²) in [6, 6.07) is 5.73. The molecule has 0 fully saturated rings. The average Bonchev–Trinajstić information content (AvgIpc) is 2.67. The summed E-state index contributed by atoms with van der Waals surface area (Å²) < 4.78 is 16.6. The van der Waals surface area contributed by atoms with Gasteiger partial charge in [-0.05, 0) is 39.8 Å². The number of alkyl carbamates (subject to hydrolysis) is 1. The van der Waals surface area contributed by atoms with Crippen LogP contribution >= 0.6 is 0 Å². The van der Waals surface area contributed by atoms with E-state index in [2.05, 4.69) is 10.6 Å². The van der Waals surface area contributed by atoms with Gasteiger partial charge in [-0.3, -0.25) is 0 Å². The van der Waals surface area contributed by atoms with Gasteiger partial charge in [-0.2, -0.15) is 0 Å². The zero-order valence-corrected chi connectivity index (χ0v) is 14.6. The molecule has 0 saturated heterocycles. The van der Waals surface area contributed by atoms with Gasteiger partial charge in [-0.15, -0.1) is 0 Å². The number of benzene rings is 1. The molecule has 1 unspecified atom stereocenters. The van der Waals surface area contributed by atoms with E-state index in [9.17, 15) is 4.79 Å².